The van der Waals surface area contributed by atoms with Crippen molar-refractivity contribution in [3.8, 4) is 0 Å². The molecular weight excluding hydrogens is 396 g/mol. The minimum Gasteiger partial charge on any atom is -0.465 e. The molecule has 3 N–H and O–H groups in total. The van der Waals surface area contributed by atoms with Crippen molar-refractivity contribution in [1.29, 1.82) is 0 Å². The second-order valence-corrected chi connectivity index (χ2v) is 6.61. The number of pyridine rings is 1. The molecule has 31 heavy (non-hydrogen) atoms. The van der Waals surface area contributed by atoms with Crippen LogP contribution in [0.5, 0.6) is 0 Å². The Bertz CT molecular complexity index is 1080. The lowest BCUT2D eigenvalue weighted by Gasteiger charge is -2.11. The Hall–Kier alpha value is -4.20. The summed E-state index contributed by atoms with van der Waals surface area (Å²) in [6.07, 6.45) is 2.93. The Labute approximate surface area is 179 Å². The Balaban J connectivity index is 1.59. The predicted molar refractivity (Wildman–Crippen MR) is 116 cm³/mol. The molecular formula is C23H22N4O4. The first kappa shape index (κ1) is 21.5. The topological polar surface area (TPSA) is 113 Å². The average Bonchev–Trinajstić information content (AvgIpc) is 3.27. The maximum absolute atomic E-state index is 12.6. The smallest absolute Gasteiger partial charge is 0.267 e. The number of amides is 3. The highest BCUT2D eigenvalue weighted by atomic mass is 16.3. The number of carbonyl (C=O) groups is 3. The van der Waals surface area contributed by atoms with E-state index in [1.54, 1.807) is 54.6 Å². The van der Waals surface area contributed by atoms with Gasteiger partial charge < -0.3 is 20.4 Å². The predicted octanol–water partition coefficient (Wildman–Crippen LogP) is 2.90. The van der Waals surface area contributed by atoms with Gasteiger partial charge in [0.05, 0.1) is 6.26 Å². The molecule has 0 aliphatic carbocycles. The SMILES string of the molecule is Cc1cccc(NC(=O)CCNC(=O)/C(=C/c2ccco2)NC(=O)c2ccccc2)n1. The van der Waals surface area contributed by atoms with Gasteiger partial charge in [0.25, 0.3) is 11.8 Å². The second kappa shape index (κ2) is 10.5. The van der Waals surface area contributed by atoms with E-state index >= 15 is 0 Å². The number of aryl methyl sites for hydroxylation is 1. The third-order valence-corrected chi connectivity index (χ3v) is 4.15. The standard InChI is InChI=1S/C23H22N4O4/c1-16-7-5-11-20(25-16)27-21(28)12-13-24-23(30)19(15-18-10-6-14-31-18)26-22(29)17-8-3-2-4-9-17/h2-11,14-15H,12-13H2,1H3,(H,24,30)(H,26,29)(H,25,27,28)/b19-15-. The number of nitrogens with zero attached hydrogens (tertiary/aromatic N) is 1. The number of hydrogen-bond donors (Lipinski definition) is 3. The number of nitrogens with one attached hydrogen (secondary N) is 3. The number of furan rings is 1. The van der Waals surface area contributed by atoms with E-state index in [0.29, 0.717) is 17.1 Å². The maximum atomic E-state index is 12.6. The minimum atomic E-state index is -0.540. The fraction of sp³-hybridized carbons (Fsp3) is 0.130. The molecule has 0 aliphatic heterocycles. The number of anilines is 1. The number of aromatic nitrogens is 1. The third kappa shape index (κ3) is 6.67. The summed E-state index contributed by atoms with van der Waals surface area (Å²) < 4.78 is 5.24. The van der Waals surface area contributed by atoms with Gasteiger partial charge in [-0.1, -0.05) is 24.3 Å². The van der Waals surface area contributed by atoms with Gasteiger partial charge in [-0.05, 0) is 43.3 Å². The van der Waals surface area contributed by atoms with Crippen molar-refractivity contribution in [3.63, 3.8) is 0 Å². The third-order valence-electron chi connectivity index (χ3n) is 4.15. The van der Waals surface area contributed by atoms with Crippen LogP contribution in [-0.2, 0) is 9.59 Å². The molecule has 2 aromatic heterocycles. The van der Waals surface area contributed by atoms with Crippen molar-refractivity contribution < 1.29 is 18.8 Å². The first-order chi connectivity index (χ1) is 15.0. The van der Waals surface area contributed by atoms with E-state index in [2.05, 4.69) is 20.9 Å². The minimum absolute atomic E-state index is 0.00422. The van der Waals surface area contributed by atoms with Crippen LogP contribution in [0, 0.1) is 6.92 Å². The number of rotatable bonds is 8. The molecule has 0 atom stereocenters. The van der Waals surface area contributed by atoms with Crippen LogP contribution in [0.25, 0.3) is 6.08 Å². The normalized spacial score (nSPS) is 10.9. The molecule has 2 heterocycles. The van der Waals surface area contributed by atoms with Crippen LogP contribution >= 0.6 is 0 Å². The summed E-state index contributed by atoms with van der Waals surface area (Å²) in [5.74, 6) is -0.408. The van der Waals surface area contributed by atoms with Crippen LogP contribution in [0.4, 0.5) is 5.82 Å². The molecule has 158 valence electrons. The molecule has 0 saturated carbocycles. The zero-order valence-electron chi connectivity index (χ0n) is 16.9. The Kier molecular flexibility index (Phi) is 7.31. The summed E-state index contributed by atoms with van der Waals surface area (Å²) in [5, 5.41) is 7.91. The lowest BCUT2D eigenvalue weighted by atomic mass is 10.2. The van der Waals surface area contributed by atoms with E-state index in [0.717, 1.165) is 5.69 Å². The summed E-state index contributed by atoms with van der Waals surface area (Å²) in [4.78, 5) is 41.4. The molecule has 0 unspecified atom stereocenters. The van der Waals surface area contributed by atoms with E-state index in [-0.39, 0.29) is 24.6 Å². The molecule has 3 aromatic rings. The van der Waals surface area contributed by atoms with Crippen molar-refractivity contribution in [2.24, 2.45) is 0 Å². The fourth-order valence-corrected chi connectivity index (χ4v) is 2.66. The molecule has 8 nitrogen and oxygen atoms in total. The monoisotopic (exact) mass is 418 g/mol. The number of benzene rings is 1. The van der Waals surface area contributed by atoms with Gasteiger partial charge in [0.15, 0.2) is 0 Å². The van der Waals surface area contributed by atoms with Crippen LogP contribution in [-0.4, -0.2) is 29.3 Å². The van der Waals surface area contributed by atoms with Gasteiger partial charge in [0, 0.05) is 30.3 Å². The molecule has 3 rings (SSSR count). The number of hydrogen-bond acceptors (Lipinski definition) is 5. The van der Waals surface area contributed by atoms with Crippen molar-refractivity contribution in [1.82, 2.24) is 15.6 Å². The zero-order valence-corrected chi connectivity index (χ0v) is 16.9. The van der Waals surface area contributed by atoms with E-state index in [1.165, 1.54) is 12.3 Å². The largest absolute Gasteiger partial charge is 0.465 e. The van der Waals surface area contributed by atoms with Crippen LogP contribution < -0.4 is 16.0 Å². The van der Waals surface area contributed by atoms with E-state index in [1.807, 2.05) is 13.0 Å². The first-order valence-corrected chi connectivity index (χ1v) is 9.64. The lowest BCUT2D eigenvalue weighted by Crippen LogP contribution is -2.36. The Morgan fingerprint density at radius 2 is 1.81 bits per heavy atom. The van der Waals surface area contributed by atoms with Crippen molar-refractivity contribution in [2.45, 2.75) is 13.3 Å². The van der Waals surface area contributed by atoms with Crippen molar-refractivity contribution in [3.05, 3.63) is 89.6 Å². The molecule has 3 amide bonds. The average molecular weight is 418 g/mol. The summed E-state index contributed by atoms with van der Waals surface area (Å²) in [6, 6.07) is 17.2. The summed E-state index contributed by atoms with van der Waals surface area (Å²) in [7, 11) is 0. The van der Waals surface area contributed by atoms with Crippen molar-refractivity contribution >= 4 is 29.6 Å². The molecule has 0 saturated heterocycles. The van der Waals surface area contributed by atoms with Gasteiger partial charge in [0.2, 0.25) is 5.91 Å². The van der Waals surface area contributed by atoms with E-state index < -0.39 is 11.8 Å². The van der Waals surface area contributed by atoms with E-state index in [9.17, 15) is 14.4 Å². The van der Waals surface area contributed by atoms with Gasteiger partial charge in [-0.15, -0.1) is 0 Å². The molecule has 1 aromatic carbocycles. The highest BCUT2D eigenvalue weighted by molar-refractivity contribution is 6.05. The molecule has 0 bridgehead atoms. The fourth-order valence-electron chi connectivity index (χ4n) is 2.66. The van der Waals surface area contributed by atoms with Crippen LogP contribution in [0.1, 0.15) is 28.2 Å². The summed E-state index contributed by atoms with van der Waals surface area (Å²) in [5.41, 5.74) is 1.20. The Morgan fingerprint density at radius 1 is 1.00 bits per heavy atom. The lowest BCUT2D eigenvalue weighted by molar-refractivity contribution is -0.118. The quantitative estimate of drug-likeness (QED) is 0.487. The van der Waals surface area contributed by atoms with Crippen LogP contribution in [0.3, 0.4) is 0 Å². The molecule has 8 heteroatoms. The van der Waals surface area contributed by atoms with Gasteiger partial charge in [-0.3, -0.25) is 14.4 Å². The molecule has 0 radical (unpaired) electrons. The molecule has 0 aliphatic rings. The number of carbonyl (C=O) groups excluding carboxylic acids is 3. The van der Waals surface area contributed by atoms with Gasteiger partial charge in [-0.25, -0.2) is 4.98 Å². The maximum Gasteiger partial charge on any atom is 0.267 e. The summed E-state index contributed by atoms with van der Waals surface area (Å²) in [6.45, 7) is 1.90. The molecule has 0 spiro atoms. The van der Waals surface area contributed by atoms with Crippen LogP contribution in [0.15, 0.2) is 77.0 Å². The highest BCUT2D eigenvalue weighted by Crippen LogP contribution is 2.08. The first-order valence-electron chi connectivity index (χ1n) is 9.64. The van der Waals surface area contributed by atoms with E-state index in [4.69, 9.17) is 4.42 Å². The zero-order chi connectivity index (χ0) is 22.1. The van der Waals surface area contributed by atoms with Crippen molar-refractivity contribution in [2.75, 3.05) is 11.9 Å². The molecule has 0 fully saturated rings. The highest BCUT2D eigenvalue weighted by Gasteiger charge is 2.15. The second-order valence-electron chi connectivity index (χ2n) is 6.61. The van der Waals surface area contributed by atoms with Gasteiger partial charge in [-0.2, -0.15) is 0 Å². The van der Waals surface area contributed by atoms with Gasteiger partial charge >= 0.3 is 0 Å². The Morgan fingerprint density at radius 3 is 2.52 bits per heavy atom. The van der Waals surface area contributed by atoms with Gasteiger partial charge in [0.1, 0.15) is 17.3 Å². The van der Waals surface area contributed by atoms with Crippen LogP contribution in [0.2, 0.25) is 0 Å². The summed E-state index contributed by atoms with van der Waals surface area (Å²) >= 11 is 0.